The lowest BCUT2D eigenvalue weighted by molar-refractivity contribution is -0.120. The molecule has 112 valence electrons. The lowest BCUT2D eigenvalue weighted by atomic mass is 10.1. The van der Waals surface area contributed by atoms with Gasteiger partial charge >= 0.3 is 0 Å². The second-order valence-electron chi connectivity index (χ2n) is 6.07. The zero-order chi connectivity index (χ0) is 14.8. The quantitative estimate of drug-likeness (QED) is 0.902. The smallest absolute Gasteiger partial charge is 0.227 e. The molecule has 0 unspecified atom stereocenters. The minimum atomic E-state index is 0.0981. The van der Waals surface area contributed by atoms with Crippen molar-refractivity contribution in [2.45, 2.75) is 45.1 Å². The minimum Gasteiger partial charge on any atom is -0.353 e. The predicted molar refractivity (Wildman–Crippen MR) is 82.1 cm³/mol. The van der Waals surface area contributed by atoms with E-state index >= 15 is 0 Å². The summed E-state index contributed by atoms with van der Waals surface area (Å²) < 4.78 is 0. The zero-order valence-corrected chi connectivity index (χ0v) is 12.5. The van der Waals surface area contributed by atoms with Gasteiger partial charge in [0.2, 0.25) is 11.8 Å². The lowest BCUT2D eigenvalue weighted by Gasteiger charge is -2.15. The summed E-state index contributed by atoms with van der Waals surface area (Å²) in [7, 11) is 0. The summed E-state index contributed by atoms with van der Waals surface area (Å²) in [4.78, 5) is 25.4. The van der Waals surface area contributed by atoms with Gasteiger partial charge in [-0.3, -0.25) is 9.59 Å². The van der Waals surface area contributed by atoms with Crippen LogP contribution in [0.4, 0.5) is 5.69 Å². The molecular weight excluding hydrogens is 264 g/mol. The standard InChI is InChI=1S/C17H22N2O2/c1-2-13-11-15(13)18-16(20)10-12-5-7-14(8-6-12)19-9-3-4-17(19)21/h5-8,13,15H,2-4,9-11H2,1H3,(H,18,20)/t13-,15+/m0/s1. The lowest BCUT2D eigenvalue weighted by Crippen LogP contribution is -2.28. The summed E-state index contributed by atoms with van der Waals surface area (Å²) in [5.74, 6) is 0.971. The summed E-state index contributed by atoms with van der Waals surface area (Å²) in [6.07, 6.45) is 4.26. The van der Waals surface area contributed by atoms with E-state index in [4.69, 9.17) is 0 Å². The van der Waals surface area contributed by atoms with Gasteiger partial charge in [0.05, 0.1) is 6.42 Å². The van der Waals surface area contributed by atoms with Crippen molar-refractivity contribution in [2.75, 3.05) is 11.4 Å². The molecule has 2 atom stereocenters. The summed E-state index contributed by atoms with van der Waals surface area (Å²) in [6, 6.07) is 8.18. The van der Waals surface area contributed by atoms with Crippen molar-refractivity contribution < 1.29 is 9.59 Å². The molecule has 1 saturated heterocycles. The molecule has 4 heteroatoms. The van der Waals surface area contributed by atoms with Gasteiger partial charge in [0.15, 0.2) is 0 Å². The number of carbonyl (C=O) groups excluding carboxylic acids is 2. The first-order valence-electron chi connectivity index (χ1n) is 7.86. The van der Waals surface area contributed by atoms with Crippen LogP contribution in [0.1, 0.15) is 38.2 Å². The van der Waals surface area contributed by atoms with E-state index in [0.29, 0.717) is 24.8 Å². The molecule has 2 fully saturated rings. The molecule has 0 radical (unpaired) electrons. The van der Waals surface area contributed by atoms with Crippen LogP contribution in [-0.4, -0.2) is 24.4 Å². The Hall–Kier alpha value is -1.84. The van der Waals surface area contributed by atoms with Gasteiger partial charge in [0, 0.05) is 24.7 Å². The molecule has 0 aromatic heterocycles. The first-order chi connectivity index (χ1) is 10.2. The molecule has 1 aromatic rings. The van der Waals surface area contributed by atoms with E-state index in [1.807, 2.05) is 29.2 Å². The van der Waals surface area contributed by atoms with Crippen LogP contribution in [0.15, 0.2) is 24.3 Å². The SMILES string of the molecule is CC[C@H]1C[C@H]1NC(=O)Cc1ccc(N2CCCC2=O)cc1. The first kappa shape index (κ1) is 14.1. The van der Waals surface area contributed by atoms with Gasteiger partial charge in [-0.05, 0) is 36.5 Å². The van der Waals surface area contributed by atoms with Crippen LogP contribution < -0.4 is 10.2 Å². The summed E-state index contributed by atoms with van der Waals surface area (Å²) >= 11 is 0. The van der Waals surface area contributed by atoms with E-state index in [-0.39, 0.29) is 11.8 Å². The van der Waals surface area contributed by atoms with Crippen LogP contribution in [0.5, 0.6) is 0 Å². The number of nitrogens with zero attached hydrogens (tertiary/aromatic N) is 1. The Morgan fingerprint density at radius 3 is 2.67 bits per heavy atom. The molecule has 1 aliphatic heterocycles. The largest absolute Gasteiger partial charge is 0.353 e. The number of hydrogen-bond donors (Lipinski definition) is 1. The van der Waals surface area contributed by atoms with Crippen molar-refractivity contribution in [3.05, 3.63) is 29.8 Å². The van der Waals surface area contributed by atoms with E-state index < -0.39 is 0 Å². The molecule has 1 N–H and O–H groups in total. The van der Waals surface area contributed by atoms with Gasteiger partial charge in [-0.2, -0.15) is 0 Å². The van der Waals surface area contributed by atoms with Crippen molar-refractivity contribution in [2.24, 2.45) is 5.92 Å². The van der Waals surface area contributed by atoms with Gasteiger partial charge in [0.1, 0.15) is 0 Å². The molecule has 21 heavy (non-hydrogen) atoms. The third-order valence-corrected chi connectivity index (χ3v) is 4.48. The van der Waals surface area contributed by atoms with E-state index in [0.717, 1.165) is 37.1 Å². The Bertz CT molecular complexity index is 538. The van der Waals surface area contributed by atoms with Crippen LogP contribution in [0.3, 0.4) is 0 Å². The van der Waals surface area contributed by atoms with Crippen LogP contribution in [-0.2, 0) is 16.0 Å². The average Bonchev–Trinajstić information content (AvgIpc) is 3.09. The maximum Gasteiger partial charge on any atom is 0.227 e. The molecule has 2 amide bonds. The molecule has 1 aliphatic carbocycles. The number of hydrogen-bond acceptors (Lipinski definition) is 2. The fourth-order valence-corrected chi connectivity index (χ4v) is 3.03. The highest BCUT2D eigenvalue weighted by Crippen LogP contribution is 2.33. The number of nitrogens with one attached hydrogen (secondary N) is 1. The van der Waals surface area contributed by atoms with Crippen molar-refractivity contribution in [3.63, 3.8) is 0 Å². The van der Waals surface area contributed by atoms with E-state index in [1.165, 1.54) is 0 Å². The first-order valence-corrected chi connectivity index (χ1v) is 7.86. The molecule has 4 nitrogen and oxygen atoms in total. The van der Waals surface area contributed by atoms with Crippen LogP contribution in [0, 0.1) is 5.92 Å². The molecule has 0 bridgehead atoms. The molecule has 0 spiro atoms. The van der Waals surface area contributed by atoms with Crippen molar-refractivity contribution in [1.29, 1.82) is 0 Å². The van der Waals surface area contributed by atoms with Crippen LogP contribution >= 0.6 is 0 Å². The Labute approximate surface area is 125 Å². The second-order valence-corrected chi connectivity index (χ2v) is 6.07. The molecule has 3 rings (SSSR count). The normalized spacial score (nSPS) is 24.2. The average molecular weight is 286 g/mol. The van der Waals surface area contributed by atoms with E-state index in [9.17, 15) is 9.59 Å². The maximum atomic E-state index is 11.9. The number of benzene rings is 1. The number of carbonyl (C=O) groups is 2. The van der Waals surface area contributed by atoms with Crippen molar-refractivity contribution >= 4 is 17.5 Å². The Morgan fingerprint density at radius 2 is 2.10 bits per heavy atom. The highest BCUT2D eigenvalue weighted by molar-refractivity contribution is 5.95. The second kappa shape index (κ2) is 5.88. The zero-order valence-electron chi connectivity index (χ0n) is 12.5. The highest BCUT2D eigenvalue weighted by Gasteiger charge is 2.36. The van der Waals surface area contributed by atoms with Crippen molar-refractivity contribution in [1.82, 2.24) is 5.32 Å². The number of rotatable bonds is 5. The molecule has 1 saturated carbocycles. The number of anilines is 1. The van der Waals surface area contributed by atoms with Crippen LogP contribution in [0.2, 0.25) is 0 Å². The minimum absolute atomic E-state index is 0.0981. The topological polar surface area (TPSA) is 49.4 Å². The predicted octanol–water partition coefficient (Wildman–Crippen LogP) is 2.27. The van der Waals surface area contributed by atoms with Gasteiger partial charge < -0.3 is 10.2 Å². The van der Waals surface area contributed by atoms with Gasteiger partial charge in [-0.15, -0.1) is 0 Å². The number of amides is 2. The molecule has 1 heterocycles. The third kappa shape index (κ3) is 3.26. The van der Waals surface area contributed by atoms with Crippen molar-refractivity contribution in [3.8, 4) is 0 Å². The molecule has 1 aromatic carbocycles. The van der Waals surface area contributed by atoms with E-state index in [1.54, 1.807) is 0 Å². The van der Waals surface area contributed by atoms with Gasteiger partial charge in [0.25, 0.3) is 0 Å². The monoisotopic (exact) mass is 286 g/mol. The van der Waals surface area contributed by atoms with Gasteiger partial charge in [-0.1, -0.05) is 25.5 Å². The summed E-state index contributed by atoms with van der Waals surface area (Å²) in [5.41, 5.74) is 1.94. The fourth-order valence-electron chi connectivity index (χ4n) is 3.03. The Kier molecular flexibility index (Phi) is 3.95. The maximum absolute atomic E-state index is 11.9. The summed E-state index contributed by atoms with van der Waals surface area (Å²) in [5, 5.41) is 3.08. The van der Waals surface area contributed by atoms with Crippen LogP contribution in [0.25, 0.3) is 0 Å². The molecular formula is C17H22N2O2. The molecule has 2 aliphatic rings. The van der Waals surface area contributed by atoms with Gasteiger partial charge in [-0.25, -0.2) is 0 Å². The van der Waals surface area contributed by atoms with E-state index in [2.05, 4.69) is 12.2 Å². The summed E-state index contributed by atoms with van der Waals surface area (Å²) in [6.45, 7) is 2.97. The fraction of sp³-hybridized carbons (Fsp3) is 0.529. The Balaban J connectivity index is 1.54. The third-order valence-electron chi connectivity index (χ3n) is 4.48. The highest BCUT2D eigenvalue weighted by atomic mass is 16.2. The Morgan fingerprint density at radius 1 is 1.33 bits per heavy atom.